The molecule has 2 aromatic rings. The molecule has 0 radical (unpaired) electrons. The molecule has 184 valence electrons. The zero-order chi connectivity index (χ0) is 24.9. The van der Waals surface area contributed by atoms with Crippen LogP contribution in [0.1, 0.15) is 28.9 Å². The van der Waals surface area contributed by atoms with Crippen molar-refractivity contribution in [2.45, 2.75) is 13.0 Å². The van der Waals surface area contributed by atoms with Gasteiger partial charge in [0.05, 0.1) is 18.2 Å². The third kappa shape index (κ3) is 5.49. The van der Waals surface area contributed by atoms with Gasteiger partial charge in [0, 0.05) is 56.1 Å². The number of carbonyl (C=O) groups excluding carboxylic acids is 3. The number of nitrogens with zero attached hydrogens (tertiary/aromatic N) is 3. The number of halogens is 1. The summed E-state index contributed by atoms with van der Waals surface area (Å²) in [5.41, 5.74) is 2.45. The average Bonchev–Trinajstić information content (AvgIpc) is 2.87. The second-order valence-corrected chi connectivity index (χ2v) is 8.94. The Labute approximate surface area is 210 Å². The van der Waals surface area contributed by atoms with Crippen molar-refractivity contribution < 1.29 is 19.1 Å². The topological polar surface area (TPSA) is 82.2 Å². The van der Waals surface area contributed by atoms with Crippen molar-refractivity contribution in [3.63, 3.8) is 0 Å². The Morgan fingerprint density at radius 3 is 2.31 bits per heavy atom. The molecular formula is C26H29ClN4O4. The molecule has 0 aliphatic carbocycles. The molecule has 1 fully saturated rings. The number of likely N-dealkylation sites (N-methyl/N-ethyl adjacent to an activating group) is 1. The smallest absolute Gasteiger partial charge is 0.338 e. The summed E-state index contributed by atoms with van der Waals surface area (Å²) < 4.78 is 5.39. The van der Waals surface area contributed by atoms with Crippen molar-refractivity contribution in [1.29, 1.82) is 0 Å². The minimum absolute atomic E-state index is 0.0361. The molecule has 0 unspecified atom stereocenters. The second-order valence-electron chi connectivity index (χ2n) is 8.51. The van der Waals surface area contributed by atoms with E-state index in [1.165, 1.54) is 4.90 Å². The van der Waals surface area contributed by atoms with Crippen LogP contribution in [0.4, 0.5) is 4.79 Å². The molecule has 3 amide bonds. The number of ether oxygens (including phenoxy) is 1. The highest BCUT2D eigenvalue weighted by atomic mass is 35.5. The maximum atomic E-state index is 13.1. The van der Waals surface area contributed by atoms with Crippen LogP contribution in [0, 0.1) is 0 Å². The van der Waals surface area contributed by atoms with Crippen molar-refractivity contribution in [3.8, 4) is 0 Å². The zero-order valence-corrected chi connectivity index (χ0v) is 20.6. The third-order valence-corrected chi connectivity index (χ3v) is 6.58. The SMILES string of the molecule is CCOC(=O)C1=C(CN2CCN(C(=O)c3ccc(Cl)cc3)CC2)N(C)C(=O)N[C@H]1c1ccccc1. The highest BCUT2D eigenvalue weighted by molar-refractivity contribution is 6.30. The first-order valence-corrected chi connectivity index (χ1v) is 12.0. The van der Waals surface area contributed by atoms with E-state index < -0.39 is 12.0 Å². The van der Waals surface area contributed by atoms with Gasteiger partial charge in [-0.05, 0) is 36.8 Å². The first kappa shape index (κ1) is 24.8. The lowest BCUT2D eigenvalue weighted by Crippen LogP contribution is -2.53. The number of urea groups is 1. The molecule has 1 N–H and O–H groups in total. The maximum absolute atomic E-state index is 13.1. The molecule has 1 saturated heterocycles. The maximum Gasteiger partial charge on any atom is 0.338 e. The molecule has 1 atom stereocenters. The number of carbonyl (C=O) groups is 3. The van der Waals surface area contributed by atoms with Gasteiger partial charge in [0.1, 0.15) is 0 Å². The number of hydrogen-bond acceptors (Lipinski definition) is 5. The van der Waals surface area contributed by atoms with Gasteiger partial charge in [-0.3, -0.25) is 14.6 Å². The molecule has 4 rings (SSSR count). The van der Waals surface area contributed by atoms with Gasteiger partial charge >= 0.3 is 12.0 Å². The van der Waals surface area contributed by atoms with Crippen LogP contribution in [-0.2, 0) is 9.53 Å². The van der Waals surface area contributed by atoms with E-state index >= 15 is 0 Å². The molecule has 2 aliphatic rings. The number of amides is 3. The zero-order valence-electron chi connectivity index (χ0n) is 19.9. The van der Waals surface area contributed by atoms with E-state index in [2.05, 4.69) is 10.2 Å². The second kappa shape index (κ2) is 10.9. The normalized spacial score (nSPS) is 18.9. The number of rotatable bonds is 6. The molecule has 2 heterocycles. The van der Waals surface area contributed by atoms with Gasteiger partial charge in [0.25, 0.3) is 5.91 Å². The van der Waals surface area contributed by atoms with Gasteiger partial charge in [-0.25, -0.2) is 9.59 Å². The third-order valence-electron chi connectivity index (χ3n) is 6.33. The van der Waals surface area contributed by atoms with Crippen molar-refractivity contribution in [2.75, 3.05) is 46.4 Å². The number of benzene rings is 2. The van der Waals surface area contributed by atoms with E-state index in [0.29, 0.717) is 54.6 Å². The van der Waals surface area contributed by atoms with Gasteiger partial charge < -0.3 is 15.0 Å². The standard InChI is InChI=1S/C26H29ClN4O4/c1-3-35-25(33)22-21(29(2)26(34)28-23(22)18-7-5-4-6-8-18)17-30-13-15-31(16-14-30)24(32)19-9-11-20(27)12-10-19/h4-12,23H,3,13-17H2,1-2H3,(H,28,34)/t23-/m0/s1. The molecule has 35 heavy (non-hydrogen) atoms. The van der Waals surface area contributed by atoms with E-state index in [4.69, 9.17) is 16.3 Å². The summed E-state index contributed by atoms with van der Waals surface area (Å²) in [4.78, 5) is 44.2. The minimum Gasteiger partial charge on any atom is -0.463 e. The largest absolute Gasteiger partial charge is 0.463 e. The number of esters is 1. The van der Waals surface area contributed by atoms with Gasteiger partial charge in [-0.2, -0.15) is 0 Å². The van der Waals surface area contributed by atoms with E-state index in [9.17, 15) is 14.4 Å². The van der Waals surface area contributed by atoms with Gasteiger partial charge in [-0.15, -0.1) is 0 Å². The summed E-state index contributed by atoms with van der Waals surface area (Å²) in [5.74, 6) is -0.481. The Morgan fingerprint density at radius 1 is 1.03 bits per heavy atom. The summed E-state index contributed by atoms with van der Waals surface area (Å²) in [6.07, 6.45) is 0. The average molecular weight is 497 g/mol. The fourth-order valence-corrected chi connectivity index (χ4v) is 4.52. The molecule has 2 aromatic carbocycles. The van der Waals surface area contributed by atoms with Gasteiger partial charge in [0.2, 0.25) is 0 Å². The van der Waals surface area contributed by atoms with Crippen LogP contribution in [0.2, 0.25) is 5.02 Å². The lowest BCUT2D eigenvalue weighted by atomic mass is 9.94. The van der Waals surface area contributed by atoms with Crippen molar-refractivity contribution in [1.82, 2.24) is 20.0 Å². The number of piperazine rings is 1. The lowest BCUT2D eigenvalue weighted by molar-refractivity contribution is -0.139. The lowest BCUT2D eigenvalue weighted by Gasteiger charge is -2.39. The number of hydrogen-bond donors (Lipinski definition) is 1. The van der Waals surface area contributed by atoms with Crippen LogP contribution < -0.4 is 5.32 Å². The molecular weight excluding hydrogens is 468 g/mol. The molecule has 0 saturated carbocycles. The van der Waals surface area contributed by atoms with Crippen LogP contribution in [-0.4, -0.2) is 79.0 Å². The predicted octanol–water partition coefficient (Wildman–Crippen LogP) is 3.31. The van der Waals surface area contributed by atoms with Crippen molar-refractivity contribution in [3.05, 3.63) is 82.0 Å². The fraction of sp³-hybridized carbons (Fsp3) is 0.346. The summed E-state index contributed by atoms with van der Waals surface area (Å²) in [7, 11) is 1.66. The Bertz CT molecular complexity index is 1110. The number of nitrogens with one attached hydrogen (secondary N) is 1. The Hall–Kier alpha value is -3.36. The molecule has 8 nitrogen and oxygen atoms in total. The quantitative estimate of drug-likeness (QED) is 0.620. The van der Waals surface area contributed by atoms with Crippen molar-refractivity contribution >= 4 is 29.5 Å². The molecule has 0 aromatic heterocycles. The van der Waals surface area contributed by atoms with Crippen molar-refractivity contribution in [2.24, 2.45) is 0 Å². The van der Waals surface area contributed by atoms with E-state index in [-0.39, 0.29) is 18.5 Å². The van der Waals surface area contributed by atoms with Crippen LogP contribution in [0.5, 0.6) is 0 Å². The predicted molar refractivity (Wildman–Crippen MR) is 133 cm³/mol. The summed E-state index contributed by atoms with van der Waals surface area (Å²) in [6.45, 7) is 4.71. The van der Waals surface area contributed by atoms with E-state index in [1.54, 1.807) is 38.2 Å². The molecule has 2 aliphatic heterocycles. The Morgan fingerprint density at radius 2 is 1.69 bits per heavy atom. The van der Waals surface area contributed by atoms with E-state index in [0.717, 1.165) is 5.56 Å². The summed E-state index contributed by atoms with van der Waals surface area (Å²) in [6, 6.07) is 15.4. The highest BCUT2D eigenvalue weighted by Crippen LogP contribution is 2.31. The van der Waals surface area contributed by atoms with E-state index in [1.807, 2.05) is 35.2 Å². The van der Waals surface area contributed by atoms with Crippen LogP contribution in [0.3, 0.4) is 0 Å². The minimum atomic E-state index is -0.596. The summed E-state index contributed by atoms with van der Waals surface area (Å²) in [5, 5.41) is 3.52. The molecule has 0 bridgehead atoms. The van der Waals surface area contributed by atoms with Crippen LogP contribution >= 0.6 is 11.6 Å². The van der Waals surface area contributed by atoms with Crippen LogP contribution in [0.15, 0.2) is 65.9 Å². The summed E-state index contributed by atoms with van der Waals surface area (Å²) >= 11 is 5.94. The monoisotopic (exact) mass is 496 g/mol. The molecule has 9 heteroatoms. The fourth-order valence-electron chi connectivity index (χ4n) is 4.39. The van der Waals surface area contributed by atoms with Crippen LogP contribution in [0.25, 0.3) is 0 Å². The Kier molecular flexibility index (Phi) is 7.73. The Balaban J connectivity index is 1.54. The first-order valence-electron chi connectivity index (χ1n) is 11.7. The molecule has 0 spiro atoms. The highest BCUT2D eigenvalue weighted by Gasteiger charge is 2.37. The first-order chi connectivity index (χ1) is 16.9. The van der Waals surface area contributed by atoms with Gasteiger partial charge in [-0.1, -0.05) is 41.9 Å². The van der Waals surface area contributed by atoms with Gasteiger partial charge in [0.15, 0.2) is 0 Å².